The maximum Gasteiger partial charge on any atom is 0.403 e. The van der Waals surface area contributed by atoms with Crippen molar-refractivity contribution >= 4 is 7.75 Å². The molecule has 0 radical (unpaired) electrons. The lowest BCUT2D eigenvalue weighted by molar-refractivity contribution is 0.240. The van der Waals surface area contributed by atoms with Crippen molar-refractivity contribution in [3.63, 3.8) is 0 Å². The van der Waals surface area contributed by atoms with Crippen molar-refractivity contribution in [1.82, 2.24) is 4.67 Å². The molecule has 4 nitrogen and oxygen atoms in total. The molecular formula is C11H18NO3P. The Labute approximate surface area is 96.1 Å². The highest BCUT2D eigenvalue weighted by molar-refractivity contribution is 7.49. The summed E-state index contributed by atoms with van der Waals surface area (Å²) in [5.41, 5.74) is 1.09. The summed E-state index contributed by atoms with van der Waals surface area (Å²) in [5.74, 6) is 0. The molecule has 0 aliphatic rings. The van der Waals surface area contributed by atoms with Crippen LogP contribution in [0.1, 0.15) is 19.4 Å². The third-order valence-electron chi connectivity index (χ3n) is 2.54. The van der Waals surface area contributed by atoms with Gasteiger partial charge in [0, 0.05) is 12.6 Å². The number of nitrogens with zero attached hydrogens (tertiary/aromatic N) is 1. The van der Waals surface area contributed by atoms with E-state index in [4.69, 9.17) is 9.79 Å². The molecule has 0 bridgehead atoms. The normalized spacial score (nSPS) is 14.1. The van der Waals surface area contributed by atoms with Crippen LogP contribution in [0, 0.1) is 0 Å². The summed E-state index contributed by atoms with van der Waals surface area (Å²) in [4.78, 5) is 18.3. The van der Waals surface area contributed by atoms with Gasteiger partial charge in [-0.1, -0.05) is 37.3 Å². The topological polar surface area (TPSA) is 60.8 Å². The first-order valence-corrected chi connectivity index (χ1v) is 6.88. The van der Waals surface area contributed by atoms with E-state index in [-0.39, 0.29) is 6.04 Å². The Morgan fingerprint density at radius 2 is 1.88 bits per heavy atom. The molecule has 0 aromatic heterocycles. The standard InChI is InChI=1S/C11H18NO3P/c1-3-12(16(13,14)15)10(2)9-11-7-5-4-6-8-11/h4-8,10H,3,9H2,1-2H3,(H2,13,14,15). The van der Waals surface area contributed by atoms with Gasteiger partial charge in [0.1, 0.15) is 0 Å². The fourth-order valence-electron chi connectivity index (χ4n) is 1.81. The maximum atomic E-state index is 11.2. The van der Waals surface area contributed by atoms with Crippen molar-refractivity contribution in [2.75, 3.05) is 6.54 Å². The van der Waals surface area contributed by atoms with Crippen LogP contribution in [0.25, 0.3) is 0 Å². The first-order valence-electron chi connectivity index (χ1n) is 5.31. The van der Waals surface area contributed by atoms with Crippen molar-refractivity contribution in [1.29, 1.82) is 0 Å². The fourth-order valence-corrected chi connectivity index (χ4v) is 2.78. The zero-order valence-electron chi connectivity index (χ0n) is 9.58. The first kappa shape index (κ1) is 13.4. The summed E-state index contributed by atoms with van der Waals surface area (Å²) < 4.78 is 12.4. The number of likely N-dealkylation sites (N-methyl/N-ethyl adjacent to an activating group) is 1. The predicted molar refractivity (Wildman–Crippen MR) is 64.0 cm³/mol. The molecule has 0 saturated carbocycles. The van der Waals surface area contributed by atoms with Gasteiger partial charge in [-0.2, -0.15) is 0 Å². The zero-order chi connectivity index (χ0) is 12.2. The SMILES string of the molecule is CCN(C(C)Cc1ccccc1)P(=O)(O)O. The van der Waals surface area contributed by atoms with E-state index in [2.05, 4.69) is 0 Å². The second-order valence-corrected chi connectivity index (χ2v) is 5.35. The Morgan fingerprint density at radius 3 is 2.31 bits per heavy atom. The molecule has 0 heterocycles. The van der Waals surface area contributed by atoms with Crippen LogP contribution in [-0.2, 0) is 11.0 Å². The number of rotatable bonds is 5. The van der Waals surface area contributed by atoms with Gasteiger partial charge in [-0.05, 0) is 18.9 Å². The molecule has 90 valence electrons. The highest BCUT2D eigenvalue weighted by atomic mass is 31.2. The highest BCUT2D eigenvalue weighted by Gasteiger charge is 2.28. The molecule has 0 amide bonds. The quantitative estimate of drug-likeness (QED) is 0.777. The van der Waals surface area contributed by atoms with Gasteiger partial charge in [0.2, 0.25) is 0 Å². The molecule has 0 aliphatic carbocycles. The molecule has 1 rings (SSSR count). The van der Waals surface area contributed by atoms with Crippen molar-refractivity contribution in [2.45, 2.75) is 26.3 Å². The third kappa shape index (κ3) is 3.72. The summed E-state index contributed by atoms with van der Waals surface area (Å²) in [6.07, 6.45) is 0.639. The van der Waals surface area contributed by atoms with Crippen molar-refractivity contribution < 1.29 is 14.4 Å². The second kappa shape index (κ2) is 5.60. The van der Waals surface area contributed by atoms with E-state index in [1.807, 2.05) is 37.3 Å². The van der Waals surface area contributed by atoms with E-state index in [9.17, 15) is 4.57 Å². The van der Waals surface area contributed by atoms with Gasteiger partial charge >= 0.3 is 7.75 Å². The van der Waals surface area contributed by atoms with Crippen LogP contribution in [0.5, 0.6) is 0 Å². The van der Waals surface area contributed by atoms with Crippen LogP contribution in [-0.4, -0.2) is 27.0 Å². The Kier molecular flexibility index (Phi) is 4.69. The van der Waals surface area contributed by atoms with E-state index in [1.165, 1.54) is 4.67 Å². The van der Waals surface area contributed by atoms with Gasteiger partial charge in [-0.25, -0.2) is 9.24 Å². The molecule has 1 unspecified atom stereocenters. The molecule has 1 atom stereocenters. The summed E-state index contributed by atoms with van der Waals surface area (Å²) >= 11 is 0. The minimum atomic E-state index is -4.14. The Hall–Kier alpha value is -0.670. The average Bonchev–Trinajstić information content (AvgIpc) is 2.17. The Morgan fingerprint density at radius 1 is 1.31 bits per heavy atom. The third-order valence-corrected chi connectivity index (χ3v) is 3.89. The van der Waals surface area contributed by atoms with Gasteiger partial charge in [0.25, 0.3) is 0 Å². The fraction of sp³-hybridized carbons (Fsp3) is 0.455. The second-order valence-electron chi connectivity index (χ2n) is 3.81. The van der Waals surface area contributed by atoms with Gasteiger partial charge in [0.15, 0.2) is 0 Å². The molecule has 1 aromatic rings. The van der Waals surface area contributed by atoms with E-state index in [0.29, 0.717) is 13.0 Å². The maximum absolute atomic E-state index is 11.2. The molecular weight excluding hydrogens is 225 g/mol. The zero-order valence-corrected chi connectivity index (χ0v) is 10.5. The van der Waals surface area contributed by atoms with Gasteiger partial charge in [0.05, 0.1) is 0 Å². The minimum absolute atomic E-state index is 0.173. The van der Waals surface area contributed by atoms with Crippen LogP contribution in [0.2, 0.25) is 0 Å². The lowest BCUT2D eigenvalue weighted by Gasteiger charge is -2.28. The number of hydrogen-bond acceptors (Lipinski definition) is 1. The minimum Gasteiger partial charge on any atom is -0.312 e. The Bertz CT molecular complexity index is 363. The van der Waals surface area contributed by atoms with E-state index in [0.717, 1.165) is 5.56 Å². The van der Waals surface area contributed by atoms with Crippen molar-refractivity contribution in [3.05, 3.63) is 35.9 Å². The van der Waals surface area contributed by atoms with E-state index < -0.39 is 7.75 Å². The van der Waals surface area contributed by atoms with Crippen LogP contribution in [0.15, 0.2) is 30.3 Å². The molecule has 0 saturated heterocycles. The van der Waals surface area contributed by atoms with Crippen LogP contribution in [0.3, 0.4) is 0 Å². The van der Waals surface area contributed by atoms with Crippen LogP contribution < -0.4 is 0 Å². The molecule has 1 aromatic carbocycles. The van der Waals surface area contributed by atoms with Gasteiger partial charge in [-0.3, -0.25) is 0 Å². The molecule has 0 spiro atoms. The molecule has 2 N–H and O–H groups in total. The average molecular weight is 243 g/mol. The van der Waals surface area contributed by atoms with Crippen LogP contribution >= 0.6 is 7.75 Å². The van der Waals surface area contributed by atoms with E-state index in [1.54, 1.807) is 6.92 Å². The van der Waals surface area contributed by atoms with E-state index >= 15 is 0 Å². The summed E-state index contributed by atoms with van der Waals surface area (Å²) in [6.45, 7) is 3.93. The summed E-state index contributed by atoms with van der Waals surface area (Å²) in [5, 5.41) is 0. The smallest absolute Gasteiger partial charge is 0.312 e. The first-order chi connectivity index (χ1) is 7.45. The highest BCUT2D eigenvalue weighted by Crippen LogP contribution is 2.41. The van der Waals surface area contributed by atoms with Crippen molar-refractivity contribution in [2.24, 2.45) is 0 Å². The van der Waals surface area contributed by atoms with Crippen LogP contribution in [0.4, 0.5) is 0 Å². The molecule has 16 heavy (non-hydrogen) atoms. The summed E-state index contributed by atoms with van der Waals surface area (Å²) in [7, 11) is -4.14. The predicted octanol–water partition coefficient (Wildman–Crippen LogP) is 2.03. The number of benzene rings is 1. The Balaban J connectivity index is 2.71. The lowest BCUT2D eigenvalue weighted by atomic mass is 10.1. The number of hydrogen-bond donors (Lipinski definition) is 2. The van der Waals surface area contributed by atoms with Gasteiger partial charge in [-0.15, -0.1) is 0 Å². The van der Waals surface area contributed by atoms with Gasteiger partial charge < -0.3 is 9.79 Å². The summed E-state index contributed by atoms with van der Waals surface area (Å²) in [6, 6.07) is 9.53. The van der Waals surface area contributed by atoms with Crippen molar-refractivity contribution in [3.8, 4) is 0 Å². The molecule has 0 aliphatic heterocycles. The molecule has 5 heteroatoms. The monoisotopic (exact) mass is 243 g/mol. The molecule has 0 fully saturated rings. The lowest BCUT2D eigenvalue weighted by Crippen LogP contribution is -2.31. The largest absolute Gasteiger partial charge is 0.403 e.